The highest BCUT2D eigenvalue weighted by Gasteiger charge is 2.38. The third kappa shape index (κ3) is 3.21. The molecular formula is C41H28N4. The number of rotatable bonds is 2. The second kappa shape index (κ2) is 8.67. The van der Waals surface area contributed by atoms with E-state index in [-0.39, 0.29) is 5.41 Å². The predicted molar refractivity (Wildman–Crippen MR) is 186 cm³/mol. The van der Waals surface area contributed by atoms with E-state index in [2.05, 4.69) is 151 Å². The van der Waals surface area contributed by atoms with E-state index in [9.17, 15) is 0 Å². The quantitative estimate of drug-likeness (QED) is 0.223. The molecule has 0 atom stereocenters. The molecule has 6 aromatic carbocycles. The fraction of sp³-hybridized carbons (Fsp3) is 0.0732. The minimum absolute atomic E-state index is 0.191. The molecule has 0 radical (unpaired) electrons. The van der Waals surface area contributed by atoms with Gasteiger partial charge in [0, 0.05) is 43.4 Å². The number of aromatic amines is 1. The van der Waals surface area contributed by atoms with Crippen LogP contribution in [0.5, 0.6) is 0 Å². The molecule has 1 aliphatic rings. The number of hydrogen-bond acceptors (Lipinski definition) is 2. The average Bonchev–Trinajstić information content (AvgIpc) is 3.71. The molecular weight excluding hydrogens is 548 g/mol. The number of nitrogens with zero attached hydrogens (tertiary/aromatic N) is 3. The number of fused-ring (bicyclic) bond motifs is 12. The summed E-state index contributed by atoms with van der Waals surface area (Å²) in [5.41, 5.74) is 12.4. The Morgan fingerprint density at radius 2 is 1.33 bits per heavy atom. The Morgan fingerprint density at radius 3 is 2.22 bits per heavy atom. The van der Waals surface area contributed by atoms with Crippen LogP contribution in [-0.4, -0.2) is 19.5 Å². The molecule has 0 aliphatic heterocycles. The summed E-state index contributed by atoms with van der Waals surface area (Å²) < 4.78 is 2.27. The van der Waals surface area contributed by atoms with Gasteiger partial charge < -0.3 is 4.98 Å². The lowest BCUT2D eigenvalue weighted by Gasteiger charge is -2.24. The summed E-state index contributed by atoms with van der Waals surface area (Å²) in [6.07, 6.45) is 0. The van der Waals surface area contributed by atoms with Crippen LogP contribution in [0.2, 0.25) is 0 Å². The van der Waals surface area contributed by atoms with Gasteiger partial charge in [0.25, 0.3) is 0 Å². The van der Waals surface area contributed by atoms with Gasteiger partial charge >= 0.3 is 0 Å². The van der Waals surface area contributed by atoms with Crippen molar-refractivity contribution in [2.24, 2.45) is 0 Å². The largest absolute Gasteiger partial charge is 0.353 e. The third-order valence-electron chi connectivity index (χ3n) is 9.93. The minimum atomic E-state index is -0.191. The van der Waals surface area contributed by atoms with Gasteiger partial charge in [0.1, 0.15) is 0 Å². The Bertz CT molecular complexity index is 2670. The molecule has 9 aromatic rings. The van der Waals surface area contributed by atoms with Crippen LogP contribution in [0.25, 0.3) is 82.8 Å². The van der Waals surface area contributed by atoms with Crippen molar-refractivity contribution in [1.29, 1.82) is 0 Å². The lowest BCUT2D eigenvalue weighted by molar-refractivity contribution is 0.666. The zero-order chi connectivity index (χ0) is 29.9. The van der Waals surface area contributed by atoms with Crippen LogP contribution in [0.4, 0.5) is 0 Å². The SMILES string of the molecule is CC1(C)c2ccccc2-c2ccc3nc(-n4c5ccccc5c5ccc6c7ccccc7[nH]c6c54)nc(-c4ccccc4)c3c21. The molecule has 0 saturated heterocycles. The minimum Gasteiger partial charge on any atom is -0.353 e. The first-order valence-corrected chi connectivity index (χ1v) is 15.5. The van der Waals surface area contributed by atoms with Gasteiger partial charge in [0.05, 0.1) is 27.8 Å². The Labute approximate surface area is 259 Å². The van der Waals surface area contributed by atoms with Crippen LogP contribution < -0.4 is 0 Å². The highest BCUT2D eigenvalue weighted by atomic mass is 15.2. The topological polar surface area (TPSA) is 46.5 Å². The van der Waals surface area contributed by atoms with Crippen molar-refractivity contribution in [3.8, 4) is 28.3 Å². The molecule has 1 N–H and O–H groups in total. The monoisotopic (exact) mass is 576 g/mol. The van der Waals surface area contributed by atoms with E-state index in [1.165, 1.54) is 43.8 Å². The molecule has 0 unspecified atom stereocenters. The maximum absolute atomic E-state index is 5.52. The smallest absolute Gasteiger partial charge is 0.235 e. The van der Waals surface area contributed by atoms with Crippen LogP contribution in [0.15, 0.2) is 127 Å². The van der Waals surface area contributed by atoms with E-state index >= 15 is 0 Å². The number of para-hydroxylation sites is 2. The maximum atomic E-state index is 5.52. The summed E-state index contributed by atoms with van der Waals surface area (Å²) in [4.78, 5) is 14.7. The first-order chi connectivity index (χ1) is 22.1. The molecule has 3 aromatic heterocycles. The molecule has 4 heteroatoms. The number of aromatic nitrogens is 4. The number of H-pyrrole nitrogens is 1. The summed E-state index contributed by atoms with van der Waals surface area (Å²) in [7, 11) is 0. The van der Waals surface area contributed by atoms with Crippen LogP contribution >= 0.6 is 0 Å². The van der Waals surface area contributed by atoms with E-state index in [1.807, 2.05) is 0 Å². The van der Waals surface area contributed by atoms with Crippen molar-refractivity contribution in [3.63, 3.8) is 0 Å². The lowest BCUT2D eigenvalue weighted by Crippen LogP contribution is -2.16. The molecule has 0 fully saturated rings. The Morgan fingerprint density at radius 1 is 0.600 bits per heavy atom. The van der Waals surface area contributed by atoms with Crippen LogP contribution in [-0.2, 0) is 5.41 Å². The summed E-state index contributed by atoms with van der Waals surface area (Å²) in [6.45, 7) is 4.67. The fourth-order valence-corrected chi connectivity index (χ4v) is 7.97. The van der Waals surface area contributed by atoms with Gasteiger partial charge in [-0.2, -0.15) is 0 Å². The Hall–Kier alpha value is -5.74. The number of hydrogen-bond donors (Lipinski definition) is 1. The van der Waals surface area contributed by atoms with Gasteiger partial charge in [-0.15, -0.1) is 0 Å². The number of benzene rings is 6. The zero-order valence-electron chi connectivity index (χ0n) is 25.0. The maximum Gasteiger partial charge on any atom is 0.235 e. The molecule has 4 nitrogen and oxygen atoms in total. The van der Waals surface area contributed by atoms with Gasteiger partial charge in [-0.1, -0.05) is 123 Å². The van der Waals surface area contributed by atoms with Crippen molar-refractivity contribution in [3.05, 3.63) is 139 Å². The van der Waals surface area contributed by atoms with Gasteiger partial charge in [-0.05, 0) is 40.5 Å². The summed E-state index contributed by atoms with van der Waals surface area (Å²) in [6, 6.07) is 45.5. The molecule has 0 saturated carbocycles. The van der Waals surface area contributed by atoms with E-state index in [0.717, 1.165) is 44.2 Å². The second-order valence-electron chi connectivity index (χ2n) is 12.7. The van der Waals surface area contributed by atoms with Crippen molar-refractivity contribution in [2.45, 2.75) is 19.3 Å². The highest BCUT2D eigenvalue weighted by Crippen LogP contribution is 2.52. The van der Waals surface area contributed by atoms with E-state index in [1.54, 1.807) is 0 Å². The van der Waals surface area contributed by atoms with Gasteiger partial charge in [-0.3, -0.25) is 4.57 Å². The average molecular weight is 577 g/mol. The van der Waals surface area contributed by atoms with Crippen molar-refractivity contribution >= 4 is 54.5 Å². The van der Waals surface area contributed by atoms with Gasteiger partial charge in [-0.25, -0.2) is 9.97 Å². The molecule has 0 bridgehead atoms. The third-order valence-corrected chi connectivity index (χ3v) is 9.93. The fourth-order valence-electron chi connectivity index (χ4n) is 7.97. The molecule has 10 rings (SSSR count). The molecule has 3 heterocycles. The van der Waals surface area contributed by atoms with E-state index in [0.29, 0.717) is 5.95 Å². The van der Waals surface area contributed by atoms with E-state index in [4.69, 9.17) is 9.97 Å². The summed E-state index contributed by atoms with van der Waals surface area (Å²) in [5.74, 6) is 0.673. The van der Waals surface area contributed by atoms with Crippen LogP contribution in [0.3, 0.4) is 0 Å². The van der Waals surface area contributed by atoms with Gasteiger partial charge in [0.15, 0.2) is 0 Å². The molecule has 0 spiro atoms. The Kier molecular flexibility index (Phi) is 4.76. The molecule has 45 heavy (non-hydrogen) atoms. The first-order valence-electron chi connectivity index (χ1n) is 15.5. The normalized spacial score (nSPS) is 13.7. The standard InChI is InChI=1S/C41H28N4/c1-41(2)31-17-9-6-14-25(31)28-22-23-33-35(36(28)41)37(24-12-4-3-5-13-24)44-40(43-33)45-34-19-11-8-16-27(34)30-21-20-29-26-15-7-10-18-32(26)42-38(29)39(30)45/h3-23,42H,1-2H3. The highest BCUT2D eigenvalue weighted by molar-refractivity contribution is 6.22. The predicted octanol–water partition coefficient (Wildman–Crippen LogP) is 10.3. The molecule has 0 amide bonds. The summed E-state index contributed by atoms with van der Waals surface area (Å²) in [5, 5.41) is 5.90. The van der Waals surface area contributed by atoms with Crippen LogP contribution in [0, 0.1) is 0 Å². The van der Waals surface area contributed by atoms with Crippen molar-refractivity contribution in [2.75, 3.05) is 0 Å². The van der Waals surface area contributed by atoms with Crippen LogP contribution in [0.1, 0.15) is 25.0 Å². The first kappa shape index (κ1) is 24.7. The summed E-state index contributed by atoms with van der Waals surface area (Å²) >= 11 is 0. The molecule has 1 aliphatic carbocycles. The van der Waals surface area contributed by atoms with Crippen molar-refractivity contribution in [1.82, 2.24) is 19.5 Å². The van der Waals surface area contributed by atoms with E-state index < -0.39 is 0 Å². The zero-order valence-corrected chi connectivity index (χ0v) is 25.0. The van der Waals surface area contributed by atoms with Gasteiger partial charge in [0.2, 0.25) is 5.95 Å². The second-order valence-corrected chi connectivity index (χ2v) is 12.7. The lowest BCUT2D eigenvalue weighted by atomic mass is 9.80. The number of nitrogens with one attached hydrogen (secondary N) is 1. The Balaban J connectivity index is 1.37. The van der Waals surface area contributed by atoms with Crippen molar-refractivity contribution < 1.29 is 0 Å². The molecule has 212 valence electrons.